The normalized spacial score (nSPS) is 29.9. The SMILES string of the molecule is O=C(NCc1ccc(Cl)cc1)NC1CC2(CC(CN3CCCC3c3cccnc3)C2)C1. The predicted octanol–water partition coefficient (Wildman–Crippen LogP) is 4.93. The minimum Gasteiger partial charge on any atom is -0.335 e. The van der Waals surface area contributed by atoms with Crippen LogP contribution in [0.5, 0.6) is 0 Å². The first-order valence-corrected chi connectivity index (χ1v) is 11.9. The van der Waals surface area contributed by atoms with Crippen molar-refractivity contribution >= 4 is 17.6 Å². The van der Waals surface area contributed by atoms with E-state index in [-0.39, 0.29) is 6.03 Å². The number of benzene rings is 1. The van der Waals surface area contributed by atoms with Crippen LogP contribution in [-0.2, 0) is 6.54 Å². The molecule has 0 bridgehead atoms. The number of hydrogen-bond acceptors (Lipinski definition) is 3. The first kappa shape index (κ1) is 20.8. The van der Waals surface area contributed by atoms with Crippen LogP contribution in [0.15, 0.2) is 48.8 Å². The van der Waals surface area contributed by atoms with Gasteiger partial charge in [0, 0.05) is 42.6 Å². The second-order valence-electron chi connectivity index (χ2n) is 9.77. The Labute approximate surface area is 189 Å². The third-order valence-corrected chi connectivity index (χ3v) is 7.68. The summed E-state index contributed by atoms with van der Waals surface area (Å²) in [7, 11) is 0. The molecule has 2 N–H and O–H groups in total. The Bertz CT molecular complexity index is 889. The first-order chi connectivity index (χ1) is 15.1. The number of urea groups is 1. The summed E-state index contributed by atoms with van der Waals surface area (Å²) in [4.78, 5) is 19.2. The largest absolute Gasteiger partial charge is 0.335 e. The number of halogens is 1. The molecule has 2 saturated carbocycles. The molecule has 6 heteroatoms. The summed E-state index contributed by atoms with van der Waals surface area (Å²) in [5.41, 5.74) is 2.91. The van der Waals surface area contributed by atoms with E-state index >= 15 is 0 Å². The third-order valence-electron chi connectivity index (χ3n) is 7.43. The lowest BCUT2D eigenvalue weighted by Gasteiger charge is -2.58. The second-order valence-corrected chi connectivity index (χ2v) is 10.2. The van der Waals surface area contributed by atoms with Gasteiger partial charge in [-0.1, -0.05) is 29.8 Å². The van der Waals surface area contributed by atoms with E-state index in [0.29, 0.717) is 29.1 Å². The zero-order chi connectivity index (χ0) is 21.3. The first-order valence-electron chi connectivity index (χ1n) is 11.5. The predicted molar refractivity (Wildman–Crippen MR) is 123 cm³/mol. The maximum absolute atomic E-state index is 12.2. The van der Waals surface area contributed by atoms with E-state index in [4.69, 9.17) is 11.6 Å². The number of likely N-dealkylation sites (tertiary alicyclic amines) is 1. The molecule has 2 heterocycles. The van der Waals surface area contributed by atoms with Crippen LogP contribution in [0.3, 0.4) is 0 Å². The molecule has 31 heavy (non-hydrogen) atoms. The molecular formula is C25H31ClN4O. The number of pyridine rings is 1. The van der Waals surface area contributed by atoms with Gasteiger partial charge in [0.1, 0.15) is 0 Å². The van der Waals surface area contributed by atoms with Gasteiger partial charge in [0.05, 0.1) is 0 Å². The van der Waals surface area contributed by atoms with Crippen LogP contribution in [-0.4, -0.2) is 35.0 Å². The van der Waals surface area contributed by atoms with E-state index in [1.54, 1.807) is 0 Å². The molecule has 1 spiro atoms. The highest BCUT2D eigenvalue weighted by Gasteiger charge is 2.53. The molecule has 2 aliphatic carbocycles. The molecule has 1 unspecified atom stereocenters. The number of nitrogens with zero attached hydrogens (tertiary/aromatic N) is 2. The van der Waals surface area contributed by atoms with Crippen LogP contribution in [0.2, 0.25) is 5.02 Å². The van der Waals surface area contributed by atoms with Crippen LogP contribution < -0.4 is 10.6 Å². The zero-order valence-electron chi connectivity index (χ0n) is 17.9. The van der Waals surface area contributed by atoms with Crippen molar-refractivity contribution in [2.24, 2.45) is 11.3 Å². The van der Waals surface area contributed by atoms with Gasteiger partial charge in [-0.2, -0.15) is 0 Å². The fraction of sp³-hybridized carbons (Fsp3) is 0.520. The topological polar surface area (TPSA) is 57.3 Å². The van der Waals surface area contributed by atoms with Crippen molar-refractivity contribution < 1.29 is 4.79 Å². The number of aromatic nitrogens is 1. The van der Waals surface area contributed by atoms with E-state index in [2.05, 4.69) is 32.7 Å². The standard InChI is InChI=1S/C25H31ClN4O/c26-21-7-5-18(6-8-21)15-28-24(31)29-22-13-25(14-22)11-19(12-25)17-30-10-2-4-23(30)20-3-1-9-27-16-20/h1,3,5-9,16,19,22-23H,2,4,10-15,17H2,(H2,28,29,31). The van der Waals surface area contributed by atoms with Gasteiger partial charge >= 0.3 is 6.03 Å². The molecular weight excluding hydrogens is 408 g/mol. The summed E-state index contributed by atoms with van der Waals surface area (Å²) < 4.78 is 0. The maximum atomic E-state index is 12.2. The van der Waals surface area contributed by atoms with Gasteiger partial charge in [0.25, 0.3) is 0 Å². The lowest BCUT2D eigenvalue weighted by molar-refractivity contribution is -0.0577. The molecule has 5 nitrogen and oxygen atoms in total. The molecule has 3 aliphatic rings. The van der Waals surface area contributed by atoms with Gasteiger partial charge in [-0.3, -0.25) is 9.88 Å². The molecule has 1 aromatic heterocycles. The highest BCUT2D eigenvalue weighted by atomic mass is 35.5. The minimum absolute atomic E-state index is 0.0675. The van der Waals surface area contributed by atoms with Gasteiger partial charge in [-0.15, -0.1) is 0 Å². The molecule has 2 aromatic rings. The summed E-state index contributed by atoms with van der Waals surface area (Å²) in [5.74, 6) is 0.803. The number of amides is 2. The van der Waals surface area contributed by atoms with Crippen molar-refractivity contribution in [3.8, 4) is 0 Å². The molecule has 1 aromatic carbocycles. The number of hydrogen-bond donors (Lipinski definition) is 2. The zero-order valence-corrected chi connectivity index (χ0v) is 18.7. The Kier molecular flexibility index (Phi) is 5.89. The van der Waals surface area contributed by atoms with Gasteiger partial charge < -0.3 is 10.6 Å². The highest BCUT2D eigenvalue weighted by Crippen LogP contribution is 2.59. The Morgan fingerprint density at radius 2 is 1.97 bits per heavy atom. The van der Waals surface area contributed by atoms with E-state index < -0.39 is 0 Å². The Balaban J connectivity index is 1.02. The third kappa shape index (κ3) is 4.73. The van der Waals surface area contributed by atoms with Gasteiger partial charge in [-0.05, 0) is 85.7 Å². The number of nitrogens with one attached hydrogen (secondary N) is 2. The van der Waals surface area contributed by atoms with Crippen LogP contribution in [0.25, 0.3) is 0 Å². The molecule has 0 radical (unpaired) electrons. The van der Waals surface area contributed by atoms with Gasteiger partial charge in [-0.25, -0.2) is 4.79 Å². The fourth-order valence-electron chi connectivity index (χ4n) is 6.06. The van der Waals surface area contributed by atoms with E-state index in [0.717, 1.165) is 24.3 Å². The summed E-state index contributed by atoms with van der Waals surface area (Å²) in [6, 6.07) is 12.6. The summed E-state index contributed by atoms with van der Waals surface area (Å²) >= 11 is 5.90. The average molecular weight is 439 g/mol. The Morgan fingerprint density at radius 3 is 2.71 bits per heavy atom. The summed E-state index contributed by atoms with van der Waals surface area (Å²) in [5, 5.41) is 6.81. The van der Waals surface area contributed by atoms with Crippen molar-refractivity contribution in [2.75, 3.05) is 13.1 Å². The van der Waals surface area contributed by atoms with Crippen molar-refractivity contribution in [1.29, 1.82) is 0 Å². The Morgan fingerprint density at radius 1 is 1.16 bits per heavy atom. The molecule has 2 amide bonds. The number of carbonyl (C=O) groups is 1. The quantitative estimate of drug-likeness (QED) is 0.672. The molecule has 1 saturated heterocycles. The monoisotopic (exact) mass is 438 g/mol. The average Bonchev–Trinajstić information content (AvgIpc) is 3.19. The van der Waals surface area contributed by atoms with Crippen molar-refractivity contribution in [3.05, 3.63) is 64.9 Å². The van der Waals surface area contributed by atoms with Crippen molar-refractivity contribution in [2.45, 2.75) is 57.2 Å². The van der Waals surface area contributed by atoms with Crippen LogP contribution in [0.1, 0.15) is 55.7 Å². The molecule has 1 atom stereocenters. The van der Waals surface area contributed by atoms with E-state index in [1.807, 2.05) is 36.7 Å². The van der Waals surface area contributed by atoms with Crippen LogP contribution in [0, 0.1) is 11.3 Å². The molecule has 164 valence electrons. The molecule has 1 aliphatic heterocycles. The van der Waals surface area contributed by atoms with Crippen molar-refractivity contribution in [1.82, 2.24) is 20.5 Å². The van der Waals surface area contributed by atoms with Crippen molar-refractivity contribution in [3.63, 3.8) is 0 Å². The number of carbonyl (C=O) groups excluding carboxylic acids is 1. The lowest BCUT2D eigenvalue weighted by Crippen LogP contribution is -2.58. The number of rotatable bonds is 6. The van der Waals surface area contributed by atoms with Crippen LogP contribution >= 0.6 is 11.6 Å². The van der Waals surface area contributed by atoms with Gasteiger partial charge in [0.15, 0.2) is 0 Å². The van der Waals surface area contributed by atoms with Gasteiger partial charge in [0.2, 0.25) is 0 Å². The smallest absolute Gasteiger partial charge is 0.315 e. The maximum Gasteiger partial charge on any atom is 0.315 e. The second kappa shape index (κ2) is 8.79. The Hall–Kier alpha value is -2.11. The minimum atomic E-state index is -0.0675. The lowest BCUT2D eigenvalue weighted by atomic mass is 9.50. The summed E-state index contributed by atoms with van der Waals surface area (Å²) in [6.07, 6.45) is 11.3. The van der Waals surface area contributed by atoms with Crippen LogP contribution in [0.4, 0.5) is 4.79 Å². The van der Waals surface area contributed by atoms with E-state index in [9.17, 15) is 4.79 Å². The van der Waals surface area contributed by atoms with E-state index in [1.165, 1.54) is 44.3 Å². The molecule has 3 fully saturated rings. The molecule has 5 rings (SSSR count). The highest BCUT2D eigenvalue weighted by molar-refractivity contribution is 6.30. The fourth-order valence-corrected chi connectivity index (χ4v) is 6.19. The summed E-state index contributed by atoms with van der Waals surface area (Å²) in [6.45, 7) is 2.94.